The molecule has 1 amide bonds. The molecule has 0 bridgehead atoms. The first-order valence-electron chi connectivity index (χ1n) is 8.82. The molecule has 0 saturated heterocycles. The van der Waals surface area contributed by atoms with Crippen LogP contribution in [0.3, 0.4) is 0 Å². The number of carbonyl (C=O) groups is 2. The lowest BCUT2D eigenvalue weighted by atomic mass is 10.2. The first-order valence-corrected chi connectivity index (χ1v) is 9.19. The lowest BCUT2D eigenvalue weighted by molar-refractivity contribution is 0.0527. The summed E-state index contributed by atoms with van der Waals surface area (Å²) >= 11 is 5.94. The van der Waals surface area contributed by atoms with E-state index in [1.807, 2.05) is 6.92 Å². The zero-order chi connectivity index (χ0) is 21.0. The number of rotatable bonds is 7. The Morgan fingerprint density at radius 1 is 1.28 bits per heavy atom. The third-order valence-corrected chi connectivity index (χ3v) is 4.26. The fourth-order valence-electron chi connectivity index (χ4n) is 2.58. The van der Waals surface area contributed by atoms with E-state index in [2.05, 4.69) is 15.5 Å². The molecule has 0 fully saturated rings. The van der Waals surface area contributed by atoms with E-state index in [1.165, 1.54) is 15.6 Å². The number of esters is 1. The molecule has 152 valence electrons. The summed E-state index contributed by atoms with van der Waals surface area (Å²) < 4.78 is 13.6. The summed E-state index contributed by atoms with van der Waals surface area (Å²) in [5.74, 6) is -0.144. The SMILES string of the molecule is CCOC(=O)c1cnn(C)c1NC(=O)c1ccn(COc2ccc(Cl)cc2C)n1. The van der Waals surface area contributed by atoms with E-state index in [9.17, 15) is 9.59 Å². The lowest BCUT2D eigenvalue weighted by Gasteiger charge is -2.09. The Balaban J connectivity index is 1.67. The smallest absolute Gasteiger partial charge is 0.343 e. The molecule has 0 atom stereocenters. The van der Waals surface area contributed by atoms with Crippen LogP contribution in [-0.2, 0) is 18.5 Å². The van der Waals surface area contributed by atoms with Crippen LogP contribution < -0.4 is 10.1 Å². The maximum atomic E-state index is 12.5. The summed E-state index contributed by atoms with van der Waals surface area (Å²) in [6, 6.07) is 6.86. The number of aromatic nitrogens is 4. The van der Waals surface area contributed by atoms with Gasteiger partial charge in [-0.15, -0.1) is 0 Å². The molecule has 10 heteroatoms. The second-order valence-electron chi connectivity index (χ2n) is 6.13. The normalized spacial score (nSPS) is 10.6. The highest BCUT2D eigenvalue weighted by atomic mass is 35.5. The third-order valence-electron chi connectivity index (χ3n) is 4.03. The summed E-state index contributed by atoms with van der Waals surface area (Å²) in [4.78, 5) is 24.5. The van der Waals surface area contributed by atoms with Gasteiger partial charge in [0, 0.05) is 18.3 Å². The topological polar surface area (TPSA) is 100 Å². The average Bonchev–Trinajstić information content (AvgIpc) is 3.29. The summed E-state index contributed by atoms with van der Waals surface area (Å²) in [5.41, 5.74) is 1.23. The van der Waals surface area contributed by atoms with Crippen molar-refractivity contribution in [1.82, 2.24) is 19.6 Å². The predicted molar refractivity (Wildman–Crippen MR) is 106 cm³/mol. The van der Waals surface area contributed by atoms with Gasteiger partial charge in [0.25, 0.3) is 5.91 Å². The fourth-order valence-corrected chi connectivity index (χ4v) is 2.81. The van der Waals surface area contributed by atoms with Crippen molar-refractivity contribution in [1.29, 1.82) is 0 Å². The molecule has 1 aromatic carbocycles. The molecule has 0 aliphatic heterocycles. The van der Waals surface area contributed by atoms with Crippen molar-refractivity contribution in [3.8, 4) is 5.75 Å². The molecule has 3 aromatic rings. The van der Waals surface area contributed by atoms with Crippen LogP contribution >= 0.6 is 11.6 Å². The number of aryl methyl sites for hydroxylation is 2. The molecular formula is C19H20ClN5O4. The van der Waals surface area contributed by atoms with Crippen LogP contribution in [0.4, 0.5) is 5.82 Å². The Morgan fingerprint density at radius 2 is 2.07 bits per heavy atom. The van der Waals surface area contributed by atoms with E-state index in [0.29, 0.717) is 10.8 Å². The van der Waals surface area contributed by atoms with Gasteiger partial charge in [-0.3, -0.25) is 9.48 Å². The minimum absolute atomic E-state index is 0.121. The van der Waals surface area contributed by atoms with Crippen molar-refractivity contribution in [2.24, 2.45) is 7.05 Å². The Kier molecular flexibility index (Phi) is 6.18. The summed E-state index contributed by atoms with van der Waals surface area (Å²) in [6.45, 7) is 3.93. The van der Waals surface area contributed by atoms with Crippen LogP contribution in [0, 0.1) is 6.92 Å². The van der Waals surface area contributed by atoms with Crippen LogP contribution in [0.5, 0.6) is 5.75 Å². The Morgan fingerprint density at radius 3 is 2.79 bits per heavy atom. The zero-order valence-corrected chi connectivity index (χ0v) is 16.9. The molecule has 2 heterocycles. The molecule has 29 heavy (non-hydrogen) atoms. The van der Waals surface area contributed by atoms with Crippen molar-refractivity contribution in [3.05, 3.63) is 58.5 Å². The van der Waals surface area contributed by atoms with Crippen LogP contribution in [0.25, 0.3) is 0 Å². The third kappa shape index (κ3) is 4.75. The van der Waals surface area contributed by atoms with Gasteiger partial charge in [-0.25, -0.2) is 9.48 Å². The highest BCUT2D eigenvalue weighted by Crippen LogP contribution is 2.22. The monoisotopic (exact) mass is 417 g/mol. The van der Waals surface area contributed by atoms with E-state index in [0.717, 1.165) is 5.56 Å². The van der Waals surface area contributed by atoms with Gasteiger partial charge in [0.05, 0.1) is 12.8 Å². The molecule has 0 radical (unpaired) electrons. The molecule has 1 N–H and O–H groups in total. The van der Waals surface area contributed by atoms with Gasteiger partial charge < -0.3 is 14.8 Å². The highest BCUT2D eigenvalue weighted by Gasteiger charge is 2.20. The number of amides is 1. The number of nitrogens with zero attached hydrogens (tertiary/aromatic N) is 4. The van der Waals surface area contributed by atoms with Crippen LogP contribution in [0.2, 0.25) is 5.02 Å². The Bertz CT molecular complexity index is 1040. The summed E-state index contributed by atoms with van der Waals surface area (Å²) in [7, 11) is 1.61. The lowest BCUT2D eigenvalue weighted by Crippen LogP contribution is -2.18. The average molecular weight is 418 g/mol. The molecule has 0 spiro atoms. The Labute approximate surface area is 172 Å². The molecular weight excluding hydrogens is 398 g/mol. The zero-order valence-electron chi connectivity index (χ0n) is 16.2. The number of benzene rings is 1. The standard InChI is InChI=1S/C19H20ClN5O4/c1-4-28-19(27)14-10-21-24(3)17(14)22-18(26)15-7-8-25(23-15)11-29-16-6-5-13(20)9-12(16)2/h5-10H,4,11H2,1-3H3,(H,22,26). The predicted octanol–water partition coefficient (Wildman–Crippen LogP) is 3.04. The Hall–Kier alpha value is -3.33. The van der Waals surface area contributed by atoms with Crippen molar-refractivity contribution in [2.75, 3.05) is 11.9 Å². The summed E-state index contributed by atoms with van der Waals surface area (Å²) in [5, 5.41) is 11.5. The molecule has 0 aliphatic rings. The largest absolute Gasteiger partial charge is 0.471 e. The van der Waals surface area contributed by atoms with Crippen LogP contribution in [-0.4, -0.2) is 38.0 Å². The molecule has 2 aromatic heterocycles. The van der Waals surface area contributed by atoms with Gasteiger partial charge in [0.2, 0.25) is 0 Å². The van der Waals surface area contributed by atoms with Gasteiger partial charge in [-0.05, 0) is 43.7 Å². The van der Waals surface area contributed by atoms with Gasteiger partial charge >= 0.3 is 5.97 Å². The van der Waals surface area contributed by atoms with Crippen molar-refractivity contribution < 1.29 is 19.1 Å². The van der Waals surface area contributed by atoms with E-state index in [1.54, 1.807) is 44.4 Å². The number of ether oxygens (including phenoxy) is 2. The van der Waals surface area contributed by atoms with Gasteiger partial charge in [0.15, 0.2) is 12.4 Å². The molecule has 3 rings (SSSR count). The number of hydrogen-bond acceptors (Lipinski definition) is 6. The van der Waals surface area contributed by atoms with E-state index in [4.69, 9.17) is 21.1 Å². The van der Waals surface area contributed by atoms with Gasteiger partial charge in [0.1, 0.15) is 17.1 Å². The molecule has 0 aliphatic carbocycles. The number of anilines is 1. The number of nitrogens with one attached hydrogen (secondary N) is 1. The molecule has 0 saturated carbocycles. The molecule has 0 unspecified atom stereocenters. The number of hydrogen-bond donors (Lipinski definition) is 1. The van der Waals surface area contributed by atoms with Crippen LogP contribution in [0.15, 0.2) is 36.7 Å². The van der Waals surface area contributed by atoms with Gasteiger partial charge in [-0.2, -0.15) is 10.2 Å². The van der Waals surface area contributed by atoms with E-state index >= 15 is 0 Å². The van der Waals surface area contributed by atoms with Crippen molar-refractivity contribution in [2.45, 2.75) is 20.6 Å². The van der Waals surface area contributed by atoms with Gasteiger partial charge in [-0.1, -0.05) is 11.6 Å². The number of halogens is 1. The van der Waals surface area contributed by atoms with E-state index in [-0.39, 0.29) is 30.4 Å². The second kappa shape index (κ2) is 8.78. The maximum Gasteiger partial charge on any atom is 0.343 e. The number of carbonyl (C=O) groups excluding carboxylic acids is 2. The van der Waals surface area contributed by atoms with Crippen molar-refractivity contribution >= 4 is 29.3 Å². The van der Waals surface area contributed by atoms with Crippen molar-refractivity contribution in [3.63, 3.8) is 0 Å². The highest BCUT2D eigenvalue weighted by molar-refractivity contribution is 6.30. The van der Waals surface area contributed by atoms with E-state index < -0.39 is 11.9 Å². The summed E-state index contributed by atoms with van der Waals surface area (Å²) in [6.07, 6.45) is 2.96. The minimum atomic E-state index is -0.562. The quantitative estimate of drug-likeness (QED) is 0.593. The second-order valence-corrected chi connectivity index (χ2v) is 6.57. The maximum absolute atomic E-state index is 12.5. The van der Waals surface area contributed by atoms with Crippen LogP contribution in [0.1, 0.15) is 33.3 Å². The minimum Gasteiger partial charge on any atom is -0.471 e. The first-order chi connectivity index (χ1) is 13.9. The fraction of sp³-hybridized carbons (Fsp3) is 0.263. The first kappa shape index (κ1) is 20.4. The molecule has 9 nitrogen and oxygen atoms in total.